The van der Waals surface area contributed by atoms with Crippen molar-refractivity contribution in [2.45, 2.75) is 0 Å². The Morgan fingerprint density at radius 3 is 2.28 bits per heavy atom. The van der Waals surface area contributed by atoms with Gasteiger partial charge in [0, 0.05) is 19.3 Å². The van der Waals surface area contributed by atoms with E-state index in [-0.39, 0.29) is 17.8 Å². The van der Waals surface area contributed by atoms with Crippen molar-refractivity contribution in [2.75, 3.05) is 18.5 Å². The van der Waals surface area contributed by atoms with Gasteiger partial charge in [-0.15, -0.1) is 6.58 Å². The van der Waals surface area contributed by atoms with E-state index < -0.39 is 17.6 Å². The highest BCUT2D eigenvalue weighted by atomic mass is 19.1. The number of para-hydroxylation sites is 1. The van der Waals surface area contributed by atoms with Crippen LogP contribution in [0.1, 0.15) is 5.56 Å². The summed E-state index contributed by atoms with van der Waals surface area (Å²) in [5, 5.41) is 0. The molecule has 1 aliphatic rings. The maximum atomic E-state index is 13.3. The summed E-state index contributed by atoms with van der Waals surface area (Å²) in [6.07, 6.45) is 1.50. The number of carbonyl (C=O) groups is 2. The summed E-state index contributed by atoms with van der Waals surface area (Å²) >= 11 is 0. The van der Waals surface area contributed by atoms with Crippen LogP contribution in [0.2, 0.25) is 0 Å². The van der Waals surface area contributed by atoms with Crippen molar-refractivity contribution in [3.8, 4) is 0 Å². The lowest BCUT2D eigenvalue weighted by atomic mass is 10.0. The molecule has 0 saturated carbocycles. The van der Waals surface area contributed by atoms with Crippen LogP contribution in [-0.2, 0) is 9.59 Å². The fraction of sp³-hybridized carbons (Fsp3) is 0.100. The molecule has 0 aromatic heterocycles. The van der Waals surface area contributed by atoms with E-state index in [1.54, 1.807) is 11.9 Å². The van der Waals surface area contributed by atoms with E-state index in [0.29, 0.717) is 5.56 Å². The van der Waals surface area contributed by atoms with Crippen molar-refractivity contribution in [2.24, 2.45) is 0 Å². The molecule has 1 heterocycles. The summed E-state index contributed by atoms with van der Waals surface area (Å²) in [6, 6.07) is 14.8. The average Bonchev–Trinajstić information content (AvgIpc) is 2.87. The maximum Gasteiger partial charge on any atom is 0.278 e. The third-order valence-corrected chi connectivity index (χ3v) is 4.07. The van der Waals surface area contributed by atoms with E-state index in [1.165, 1.54) is 30.3 Å². The van der Waals surface area contributed by atoms with Gasteiger partial charge in [0.25, 0.3) is 11.8 Å². The molecule has 2 aromatic carbocycles. The molecule has 3 rings (SSSR count). The molecule has 126 valence electrons. The van der Waals surface area contributed by atoms with Crippen molar-refractivity contribution in [1.82, 2.24) is 4.90 Å². The lowest BCUT2D eigenvalue weighted by molar-refractivity contribution is -0.136. The third-order valence-electron chi connectivity index (χ3n) is 4.07. The highest BCUT2D eigenvalue weighted by Gasteiger charge is 2.40. The highest BCUT2D eigenvalue weighted by Crippen LogP contribution is 2.33. The summed E-state index contributed by atoms with van der Waals surface area (Å²) in [5.74, 6) is -1.20. The quantitative estimate of drug-likeness (QED) is 0.622. The van der Waals surface area contributed by atoms with E-state index in [4.69, 9.17) is 0 Å². The van der Waals surface area contributed by atoms with Crippen LogP contribution in [0.3, 0.4) is 0 Å². The lowest BCUT2D eigenvalue weighted by Gasteiger charge is -2.21. The SMILES string of the molecule is C=CCN1C(=O)C(c2ccc(F)cc2)=C(N(C)c2ccccc2)C1=O. The Balaban J connectivity index is 2.15. The largest absolute Gasteiger partial charge is 0.339 e. The highest BCUT2D eigenvalue weighted by molar-refractivity contribution is 6.36. The first kappa shape index (κ1) is 16.6. The molecular weight excluding hydrogens is 319 g/mol. The minimum atomic E-state index is -0.408. The van der Waals surface area contributed by atoms with Crippen LogP contribution in [0.15, 0.2) is 72.9 Å². The van der Waals surface area contributed by atoms with Crippen molar-refractivity contribution < 1.29 is 14.0 Å². The van der Waals surface area contributed by atoms with Gasteiger partial charge in [-0.2, -0.15) is 0 Å². The normalized spacial score (nSPS) is 14.2. The zero-order valence-corrected chi connectivity index (χ0v) is 13.8. The number of hydrogen-bond donors (Lipinski definition) is 0. The Morgan fingerprint density at radius 1 is 1.04 bits per heavy atom. The Morgan fingerprint density at radius 2 is 1.68 bits per heavy atom. The van der Waals surface area contributed by atoms with Gasteiger partial charge in [-0.1, -0.05) is 36.4 Å². The predicted molar refractivity (Wildman–Crippen MR) is 95.1 cm³/mol. The predicted octanol–water partition coefficient (Wildman–Crippen LogP) is 3.23. The first-order chi connectivity index (χ1) is 12.0. The minimum absolute atomic E-state index is 0.120. The first-order valence-corrected chi connectivity index (χ1v) is 7.80. The monoisotopic (exact) mass is 336 g/mol. The standard InChI is InChI=1S/C20H17FN2O2/c1-3-13-23-19(24)17(14-9-11-15(21)12-10-14)18(20(23)25)22(2)16-7-5-4-6-8-16/h3-12H,1,13H2,2H3. The zero-order chi connectivity index (χ0) is 18.0. The van der Waals surface area contributed by atoms with Crippen LogP contribution in [0.4, 0.5) is 10.1 Å². The minimum Gasteiger partial charge on any atom is -0.339 e. The number of anilines is 1. The summed E-state index contributed by atoms with van der Waals surface area (Å²) in [6.45, 7) is 3.72. The summed E-state index contributed by atoms with van der Waals surface area (Å²) in [4.78, 5) is 28.5. The molecule has 0 bridgehead atoms. The summed E-state index contributed by atoms with van der Waals surface area (Å²) in [5.41, 5.74) is 1.81. The molecule has 1 aliphatic heterocycles. The van der Waals surface area contributed by atoms with Crippen LogP contribution in [0.25, 0.3) is 5.57 Å². The van der Waals surface area contributed by atoms with Gasteiger partial charge in [-0.3, -0.25) is 14.5 Å². The van der Waals surface area contributed by atoms with E-state index in [0.717, 1.165) is 10.6 Å². The van der Waals surface area contributed by atoms with Gasteiger partial charge in [0.05, 0.1) is 5.57 Å². The number of halogens is 1. The van der Waals surface area contributed by atoms with Gasteiger partial charge < -0.3 is 4.90 Å². The number of likely N-dealkylation sites (N-methyl/N-ethyl adjacent to an activating group) is 1. The Labute approximate surface area is 145 Å². The molecule has 4 nitrogen and oxygen atoms in total. The number of amides is 2. The second-order valence-corrected chi connectivity index (χ2v) is 5.63. The van der Waals surface area contributed by atoms with Crippen molar-refractivity contribution in [3.05, 3.63) is 84.3 Å². The van der Waals surface area contributed by atoms with E-state index in [1.807, 2.05) is 30.3 Å². The molecule has 0 spiro atoms. The summed E-state index contributed by atoms with van der Waals surface area (Å²) < 4.78 is 13.3. The van der Waals surface area contributed by atoms with Gasteiger partial charge in [0.15, 0.2) is 0 Å². The zero-order valence-electron chi connectivity index (χ0n) is 13.8. The smallest absolute Gasteiger partial charge is 0.278 e. The van der Waals surface area contributed by atoms with E-state index in [9.17, 15) is 14.0 Å². The molecule has 25 heavy (non-hydrogen) atoms. The summed E-state index contributed by atoms with van der Waals surface area (Å²) in [7, 11) is 1.73. The Bertz CT molecular complexity index is 857. The number of imide groups is 1. The second kappa shape index (κ2) is 6.73. The number of nitrogens with zero attached hydrogens (tertiary/aromatic N) is 2. The lowest BCUT2D eigenvalue weighted by Crippen LogP contribution is -2.34. The molecule has 0 radical (unpaired) electrons. The average molecular weight is 336 g/mol. The fourth-order valence-corrected chi connectivity index (χ4v) is 2.83. The Hall–Kier alpha value is -3.21. The van der Waals surface area contributed by atoms with Crippen LogP contribution in [0.5, 0.6) is 0 Å². The number of carbonyl (C=O) groups excluding carboxylic acids is 2. The molecule has 2 amide bonds. The Kier molecular flexibility index (Phi) is 4.48. The van der Waals surface area contributed by atoms with Crippen LogP contribution in [-0.4, -0.2) is 30.3 Å². The number of hydrogen-bond acceptors (Lipinski definition) is 3. The molecule has 2 aromatic rings. The molecular formula is C20H17FN2O2. The van der Waals surface area contributed by atoms with Crippen molar-refractivity contribution >= 4 is 23.1 Å². The molecule has 0 atom stereocenters. The molecule has 0 unspecified atom stereocenters. The van der Waals surface area contributed by atoms with Crippen molar-refractivity contribution in [3.63, 3.8) is 0 Å². The fourth-order valence-electron chi connectivity index (χ4n) is 2.83. The number of benzene rings is 2. The van der Waals surface area contributed by atoms with E-state index in [2.05, 4.69) is 6.58 Å². The van der Waals surface area contributed by atoms with Crippen LogP contribution in [0, 0.1) is 5.82 Å². The molecule has 0 fully saturated rings. The third kappa shape index (κ3) is 2.96. The van der Waals surface area contributed by atoms with E-state index >= 15 is 0 Å². The van der Waals surface area contributed by atoms with Gasteiger partial charge in [-0.05, 0) is 29.8 Å². The van der Waals surface area contributed by atoms with Gasteiger partial charge in [0.2, 0.25) is 0 Å². The maximum absolute atomic E-state index is 13.3. The molecule has 5 heteroatoms. The molecule has 0 N–H and O–H groups in total. The number of rotatable bonds is 5. The van der Waals surface area contributed by atoms with Gasteiger partial charge in [0.1, 0.15) is 11.5 Å². The van der Waals surface area contributed by atoms with Gasteiger partial charge >= 0.3 is 0 Å². The first-order valence-electron chi connectivity index (χ1n) is 7.80. The van der Waals surface area contributed by atoms with Crippen molar-refractivity contribution in [1.29, 1.82) is 0 Å². The second-order valence-electron chi connectivity index (χ2n) is 5.63. The molecule has 0 saturated heterocycles. The molecule has 0 aliphatic carbocycles. The van der Waals surface area contributed by atoms with Gasteiger partial charge in [-0.25, -0.2) is 4.39 Å². The topological polar surface area (TPSA) is 40.6 Å². The van der Waals surface area contributed by atoms with Crippen LogP contribution < -0.4 is 4.90 Å². The van der Waals surface area contributed by atoms with Crippen LogP contribution >= 0.6 is 0 Å².